The molecule has 0 amide bonds. The molecule has 0 aromatic carbocycles. The number of rotatable bonds is 8. The van der Waals surface area contributed by atoms with Crippen molar-refractivity contribution in [2.45, 2.75) is 47.6 Å². The summed E-state index contributed by atoms with van der Waals surface area (Å²) in [5.74, 6) is 2.04. The highest BCUT2D eigenvalue weighted by molar-refractivity contribution is 4.88. The highest BCUT2D eigenvalue weighted by Crippen LogP contribution is 2.16. The molecule has 1 aromatic rings. The maximum absolute atomic E-state index is 5.79. The first kappa shape index (κ1) is 16.1. The standard InChI is InChI=1S/C14H28N4O/c1-6-18(10-14(4,5)9-15)8-12-16-13(19-17-12)7-11(2)3/h11H,6-10,15H2,1-5H3. The molecule has 19 heavy (non-hydrogen) atoms. The first-order valence-corrected chi connectivity index (χ1v) is 7.10. The molecule has 0 saturated heterocycles. The summed E-state index contributed by atoms with van der Waals surface area (Å²) in [6.45, 7) is 14.1. The van der Waals surface area contributed by atoms with Gasteiger partial charge in [0.25, 0.3) is 0 Å². The fourth-order valence-corrected chi connectivity index (χ4v) is 1.94. The number of aromatic nitrogens is 2. The molecule has 0 bridgehead atoms. The van der Waals surface area contributed by atoms with Gasteiger partial charge in [-0.05, 0) is 24.4 Å². The van der Waals surface area contributed by atoms with E-state index in [4.69, 9.17) is 10.3 Å². The lowest BCUT2D eigenvalue weighted by molar-refractivity contribution is 0.178. The normalized spacial score (nSPS) is 12.6. The molecule has 0 unspecified atom stereocenters. The number of nitrogens with two attached hydrogens (primary N) is 1. The molecule has 0 aliphatic rings. The third kappa shape index (κ3) is 5.70. The van der Waals surface area contributed by atoms with Gasteiger partial charge in [0.05, 0.1) is 6.54 Å². The van der Waals surface area contributed by atoms with Gasteiger partial charge in [-0.15, -0.1) is 0 Å². The van der Waals surface area contributed by atoms with Crippen LogP contribution in [0.1, 0.15) is 46.3 Å². The van der Waals surface area contributed by atoms with Gasteiger partial charge in [0.2, 0.25) is 5.89 Å². The van der Waals surface area contributed by atoms with E-state index in [2.05, 4.69) is 49.7 Å². The van der Waals surface area contributed by atoms with E-state index in [1.807, 2.05) is 0 Å². The fourth-order valence-electron chi connectivity index (χ4n) is 1.94. The Morgan fingerprint density at radius 3 is 2.58 bits per heavy atom. The second kappa shape index (κ2) is 7.01. The van der Waals surface area contributed by atoms with Crippen molar-refractivity contribution < 1.29 is 4.52 Å². The minimum Gasteiger partial charge on any atom is -0.339 e. The van der Waals surface area contributed by atoms with Crippen LogP contribution >= 0.6 is 0 Å². The van der Waals surface area contributed by atoms with Crippen molar-refractivity contribution in [3.63, 3.8) is 0 Å². The highest BCUT2D eigenvalue weighted by Gasteiger charge is 2.20. The Balaban J connectivity index is 2.58. The number of hydrogen-bond acceptors (Lipinski definition) is 5. The van der Waals surface area contributed by atoms with Gasteiger partial charge in [-0.3, -0.25) is 4.90 Å². The summed E-state index contributed by atoms with van der Waals surface area (Å²) >= 11 is 0. The zero-order valence-electron chi connectivity index (χ0n) is 12.9. The van der Waals surface area contributed by atoms with Crippen LogP contribution in [0, 0.1) is 11.3 Å². The van der Waals surface area contributed by atoms with Crippen LogP contribution in [-0.4, -0.2) is 34.7 Å². The van der Waals surface area contributed by atoms with E-state index in [9.17, 15) is 0 Å². The highest BCUT2D eigenvalue weighted by atomic mass is 16.5. The van der Waals surface area contributed by atoms with Crippen LogP contribution < -0.4 is 5.73 Å². The van der Waals surface area contributed by atoms with E-state index in [0.29, 0.717) is 12.5 Å². The molecule has 5 heteroatoms. The minimum absolute atomic E-state index is 0.112. The topological polar surface area (TPSA) is 68.2 Å². The summed E-state index contributed by atoms with van der Waals surface area (Å²) in [5, 5.41) is 4.05. The fraction of sp³-hybridized carbons (Fsp3) is 0.857. The zero-order valence-corrected chi connectivity index (χ0v) is 12.9. The molecule has 5 nitrogen and oxygen atoms in total. The maximum atomic E-state index is 5.79. The summed E-state index contributed by atoms with van der Waals surface area (Å²) in [6.07, 6.45) is 0.841. The Morgan fingerprint density at radius 2 is 2.05 bits per heavy atom. The molecule has 1 aromatic heterocycles. The molecule has 110 valence electrons. The predicted molar refractivity (Wildman–Crippen MR) is 76.6 cm³/mol. The summed E-state index contributed by atoms with van der Waals surface area (Å²) in [6, 6.07) is 0. The third-order valence-electron chi connectivity index (χ3n) is 3.11. The Morgan fingerprint density at radius 1 is 1.37 bits per heavy atom. The first-order valence-electron chi connectivity index (χ1n) is 7.10. The second-order valence-electron chi connectivity index (χ2n) is 6.37. The van der Waals surface area contributed by atoms with Gasteiger partial charge in [0, 0.05) is 13.0 Å². The Hall–Kier alpha value is -0.940. The van der Waals surface area contributed by atoms with Crippen molar-refractivity contribution in [2.75, 3.05) is 19.6 Å². The van der Waals surface area contributed by atoms with Crippen molar-refractivity contribution in [1.29, 1.82) is 0 Å². The average Bonchev–Trinajstić information content (AvgIpc) is 2.74. The molecule has 2 N–H and O–H groups in total. The van der Waals surface area contributed by atoms with Crippen LogP contribution in [0.2, 0.25) is 0 Å². The quantitative estimate of drug-likeness (QED) is 0.781. The molecule has 0 radical (unpaired) electrons. The van der Waals surface area contributed by atoms with Gasteiger partial charge in [-0.1, -0.05) is 39.8 Å². The van der Waals surface area contributed by atoms with Crippen molar-refractivity contribution in [3.05, 3.63) is 11.7 Å². The van der Waals surface area contributed by atoms with E-state index in [0.717, 1.165) is 37.8 Å². The zero-order chi connectivity index (χ0) is 14.5. The molecule has 1 rings (SSSR count). The minimum atomic E-state index is 0.112. The van der Waals surface area contributed by atoms with Crippen LogP contribution in [0.4, 0.5) is 0 Å². The lowest BCUT2D eigenvalue weighted by atomic mass is 9.93. The van der Waals surface area contributed by atoms with Crippen LogP contribution in [0.3, 0.4) is 0 Å². The monoisotopic (exact) mass is 268 g/mol. The van der Waals surface area contributed by atoms with Crippen LogP contribution in [0.15, 0.2) is 4.52 Å². The van der Waals surface area contributed by atoms with E-state index in [-0.39, 0.29) is 5.41 Å². The largest absolute Gasteiger partial charge is 0.339 e. The Bertz CT molecular complexity index is 373. The van der Waals surface area contributed by atoms with Crippen LogP contribution in [0.5, 0.6) is 0 Å². The summed E-state index contributed by atoms with van der Waals surface area (Å²) < 4.78 is 5.26. The molecule has 1 heterocycles. The van der Waals surface area contributed by atoms with Gasteiger partial charge in [-0.25, -0.2) is 0 Å². The third-order valence-corrected chi connectivity index (χ3v) is 3.11. The van der Waals surface area contributed by atoms with E-state index in [1.54, 1.807) is 0 Å². The van der Waals surface area contributed by atoms with Gasteiger partial charge in [-0.2, -0.15) is 4.98 Å². The Kier molecular flexibility index (Phi) is 5.94. The Labute approximate surface area is 116 Å². The molecule has 0 atom stereocenters. The van der Waals surface area contributed by atoms with Crippen molar-refractivity contribution in [2.24, 2.45) is 17.1 Å². The van der Waals surface area contributed by atoms with E-state index >= 15 is 0 Å². The molecular weight excluding hydrogens is 240 g/mol. The van der Waals surface area contributed by atoms with Crippen molar-refractivity contribution in [3.8, 4) is 0 Å². The lowest BCUT2D eigenvalue weighted by Crippen LogP contribution is -2.38. The molecule has 0 aliphatic heterocycles. The molecule has 0 spiro atoms. The van der Waals surface area contributed by atoms with Crippen LogP contribution in [0.25, 0.3) is 0 Å². The predicted octanol–water partition coefficient (Wildman–Crippen LogP) is 2.07. The molecule has 0 aliphatic carbocycles. The molecule has 0 saturated carbocycles. The van der Waals surface area contributed by atoms with Gasteiger partial charge in [0.15, 0.2) is 5.82 Å². The molecular formula is C14H28N4O. The van der Waals surface area contributed by atoms with Gasteiger partial charge < -0.3 is 10.3 Å². The van der Waals surface area contributed by atoms with E-state index in [1.165, 1.54) is 0 Å². The molecule has 0 fully saturated rings. The second-order valence-corrected chi connectivity index (χ2v) is 6.37. The smallest absolute Gasteiger partial charge is 0.226 e. The average molecular weight is 268 g/mol. The van der Waals surface area contributed by atoms with Gasteiger partial charge >= 0.3 is 0 Å². The first-order chi connectivity index (χ1) is 8.86. The summed E-state index contributed by atoms with van der Waals surface area (Å²) in [5.41, 5.74) is 5.90. The van der Waals surface area contributed by atoms with Gasteiger partial charge in [0.1, 0.15) is 0 Å². The number of hydrogen-bond donors (Lipinski definition) is 1. The maximum Gasteiger partial charge on any atom is 0.226 e. The van der Waals surface area contributed by atoms with Crippen molar-refractivity contribution >= 4 is 0 Å². The summed E-state index contributed by atoms with van der Waals surface area (Å²) in [4.78, 5) is 6.75. The lowest BCUT2D eigenvalue weighted by Gasteiger charge is -2.30. The summed E-state index contributed by atoms with van der Waals surface area (Å²) in [7, 11) is 0. The number of nitrogens with zero attached hydrogens (tertiary/aromatic N) is 3. The SMILES string of the molecule is CCN(Cc1noc(CC(C)C)n1)CC(C)(C)CN. The van der Waals surface area contributed by atoms with E-state index < -0.39 is 0 Å². The van der Waals surface area contributed by atoms with Crippen molar-refractivity contribution in [1.82, 2.24) is 15.0 Å². The van der Waals surface area contributed by atoms with Crippen LogP contribution in [-0.2, 0) is 13.0 Å².